The normalized spacial score (nSPS) is 14.9. The molecule has 0 aliphatic carbocycles. The number of carbonyl (C=O) groups excluding carboxylic acids is 1. The predicted octanol–water partition coefficient (Wildman–Crippen LogP) is 6.84. The minimum absolute atomic E-state index is 0.0513. The SMILES string of the molecule is CC1=NN(c2c(F)c(F)c(F)c(F)c2F)C(=O)/C1=C\c1cn(Cc2cccc(Cl)c2)c2ccccc12. The summed E-state index contributed by atoms with van der Waals surface area (Å²) in [5, 5.41) is 5.35. The molecule has 0 saturated carbocycles. The van der Waals surface area contributed by atoms with Gasteiger partial charge in [0.2, 0.25) is 5.82 Å². The third-order valence-corrected chi connectivity index (χ3v) is 6.06. The van der Waals surface area contributed by atoms with Gasteiger partial charge in [0, 0.05) is 34.2 Å². The van der Waals surface area contributed by atoms with E-state index in [-0.39, 0.29) is 16.3 Å². The summed E-state index contributed by atoms with van der Waals surface area (Å²) >= 11 is 6.10. The Morgan fingerprint density at radius 2 is 1.58 bits per heavy atom. The molecule has 0 fully saturated rings. The average Bonchev–Trinajstić information content (AvgIpc) is 3.34. The molecule has 0 N–H and O–H groups in total. The van der Waals surface area contributed by atoms with E-state index in [0.717, 1.165) is 16.5 Å². The van der Waals surface area contributed by atoms with Crippen LogP contribution in [0.5, 0.6) is 0 Å². The second kappa shape index (κ2) is 8.91. The van der Waals surface area contributed by atoms with E-state index >= 15 is 0 Å². The first-order chi connectivity index (χ1) is 17.2. The quantitative estimate of drug-likeness (QED) is 0.127. The lowest BCUT2D eigenvalue weighted by Crippen LogP contribution is -2.25. The second-order valence-corrected chi connectivity index (χ2v) is 8.57. The smallest absolute Gasteiger partial charge is 0.280 e. The van der Waals surface area contributed by atoms with E-state index in [9.17, 15) is 26.7 Å². The van der Waals surface area contributed by atoms with Gasteiger partial charge in [-0.25, -0.2) is 22.0 Å². The molecule has 1 aromatic heterocycles. The minimum Gasteiger partial charge on any atom is -0.342 e. The topological polar surface area (TPSA) is 37.6 Å². The highest BCUT2D eigenvalue weighted by atomic mass is 35.5. The van der Waals surface area contributed by atoms with Gasteiger partial charge in [0.25, 0.3) is 5.91 Å². The third kappa shape index (κ3) is 3.85. The van der Waals surface area contributed by atoms with Crippen LogP contribution in [-0.2, 0) is 11.3 Å². The number of rotatable bonds is 4. The lowest BCUT2D eigenvalue weighted by molar-refractivity contribution is -0.114. The highest BCUT2D eigenvalue weighted by molar-refractivity contribution is 6.32. The summed E-state index contributed by atoms with van der Waals surface area (Å²) < 4.78 is 71.6. The van der Waals surface area contributed by atoms with E-state index in [1.807, 2.05) is 47.0 Å². The largest absolute Gasteiger partial charge is 0.342 e. The number of nitrogens with zero attached hydrogens (tertiary/aromatic N) is 3. The van der Waals surface area contributed by atoms with Crippen molar-refractivity contribution in [2.24, 2.45) is 5.10 Å². The Morgan fingerprint density at radius 1 is 0.917 bits per heavy atom. The fraction of sp³-hybridized carbons (Fsp3) is 0.0769. The number of fused-ring (bicyclic) bond motifs is 1. The van der Waals surface area contributed by atoms with E-state index in [4.69, 9.17) is 11.6 Å². The molecule has 2 heterocycles. The average molecular weight is 516 g/mol. The summed E-state index contributed by atoms with van der Waals surface area (Å²) in [6.45, 7) is 1.88. The summed E-state index contributed by atoms with van der Waals surface area (Å²) in [5.74, 6) is -11.9. The Hall–Kier alpha value is -3.98. The van der Waals surface area contributed by atoms with Crippen LogP contribution >= 0.6 is 11.6 Å². The van der Waals surface area contributed by atoms with Crippen LogP contribution in [0.25, 0.3) is 17.0 Å². The third-order valence-electron chi connectivity index (χ3n) is 5.82. The Kier molecular flexibility index (Phi) is 5.88. The van der Waals surface area contributed by atoms with Crippen LogP contribution in [0.2, 0.25) is 5.02 Å². The van der Waals surface area contributed by atoms with Gasteiger partial charge in [-0.05, 0) is 36.8 Å². The summed E-state index contributed by atoms with van der Waals surface area (Å²) in [7, 11) is 0. The zero-order chi connectivity index (χ0) is 25.7. The zero-order valence-electron chi connectivity index (χ0n) is 18.5. The highest BCUT2D eigenvalue weighted by Gasteiger charge is 2.37. The number of halogens is 6. The van der Waals surface area contributed by atoms with Gasteiger partial charge in [0.05, 0.1) is 11.3 Å². The fourth-order valence-corrected chi connectivity index (χ4v) is 4.34. The van der Waals surface area contributed by atoms with Crippen molar-refractivity contribution >= 4 is 45.9 Å². The Labute approximate surface area is 206 Å². The van der Waals surface area contributed by atoms with Gasteiger partial charge >= 0.3 is 0 Å². The zero-order valence-corrected chi connectivity index (χ0v) is 19.3. The molecular weight excluding hydrogens is 501 g/mol. The van der Waals surface area contributed by atoms with E-state index in [1.165, 1.54) is 13.0 Å². The highest BCUT2D eigenvalue weighted by Crippen LogP contribution is 2.34. The predicted molar refractivity (Wildman–Crippen MR) is 127 cm³/mol. The van der Waals surface area contributed by atoms with Gasteiger partial charge in [-0.2, -0.15) is 10.1 Å². The summed E-state index contributed by atoms with van der Waals surface area (Å²) in [6, 6.07) is 14.7. The number of carbonyl (C=O) groups is 1. The molecule has 5 rings (SSSR count). The first-order valence-electron chi connectivity index (χ1n) is 10.6. The summed E-state index contributed by atoms with van der Waals surface area (Å²) in [4.78, 5) is 13.1. The molecule has 0 radical (unpaired) electrons. The lowest BCUT2D eigenvalue weighted by atomic mass is 10.1. The first kappa shape index (κ1) is 23.7. The van der Waals surface area contributed by atoms with E-state index in [2.05, 4.69) is 5.10 Å². The van der Waals surface area contributed by atoms with Crippen molar-refractivity contribution in [3.8, 4) is 0 Å². The van der Waals surface area contributed by atoms with Gasteiger partial charge in [-0.15, -0.1) is 0 Å². The van der Waals surface area contributed by atoms with Crippen LogP contribution < -0.4 is 5.01 Å². The van der Waals surface area contributed by atoms with Crippen molar-refractivity contribution in [3.05, 3.63) is 106 Å². The van der Waals surface area contributed by atoms with Crippen LogP contribution in [0.1, 0.15) is 18.1 Å². The fourth-order valence-electron chi connectivity index (χ4n) is 4.12. The summed E-state index contributed by atoms with van der Waals surface area (Å²) in [5.41, 5.74) is 0.961. The molecule has 36 heavy (non-hydrogen) atoms. The molecule has 10 heteroatoms. The monoisotopic (exact) mass is 515 g/mol. The molecule has 0 bridgehead atoms. The van der Waals surface area contributed by atoms with Crippen molar-refractivity contribution in [1.29, 1.82) is 0 Å². The Morgan fingerprint density at radius 3 is 2.28 bits per heavy atom. The molecule has 1 aliphatic rings. The van der Waals surface area contributed by atoms with Crippen LogP contribution in [0.15, 0.2) is 65.4 Å². The minimum atomic E-state index is -2.32. The standard InChI is InChI=1S/C26H15ClF5N3O/c1-13-18(26(36)35(33-13)25-23(31)21(29)20(28)22(30)24(25)32)10-15-12-34(19-8-3-2-7-17(15)19)11-14-5-4-6-16(27)9-14/h2-10,12H,11H2,1H3/b18-10-. The number of hydrogen-bond acceptors (Lipinski definition) is 2. The van der Waals surface area contributed by atoms with Crippen LogP contribution in [0.3, 0.4) is 0 Å². The van der Waals surface area contributed by atoms with Gasteiger partial charge in [0.15, 0.2) is 23.3 Å². The number of para-hydroxylation sites is 1. The van der Waals surface area contributed by atoms with Crippen molar-refractivity contribution in [1.82, 2.24) is 4.57 Å². The van der Waals surface area contributed by atoms with E-state index in [1.54, 1.807) is 12.3 Å². The molecule has 182 valence electrons. The first-order valence-corrected chi connectivity index (χ1v) is 11.0. The van der Waals surface area contributed by atoms with Crippen molar-refractivity contribution in [2.45, 2.75) is 13.5 Å². The van der Waals surface area contributed by atoms with Gasteiger partial charge in [-0.3, -0.25) is 4.79 Å². The maximum absolute atomic E-state index is 14.3. The van der Waals surface area contributed by atoms with Crippen LogP contribution in [-0.4, -0.2) is 16.2 Å². The van der Waals surface area contributed by atoms with Gasteiger partial charge in [-0.1, -0.05) is 41.9 Å². The second-order valence-electron chi connectivity index (χ2n) is 8.14. The van der Waals surface area contributed by atoms with Crippen molar-refractivity contribution in [2.75, 3.05) is 5.01 Å². The molecule has 3 aromatic carbocycles. The number of aromatic nitrogens is 1. The molecule has 4 aromatic rings. The lowest BCUT2D eigenvalue weighted by Gasteiger charge is -2.15. The molecule has 0 saturated heterocycles. The van der Waals surface area contributed by atoms with Crippen molar-refractivity contribution in [3.63, 3.8) is 0 Å². The maximum Gasteiger partial charge on any atom is 0.280 e. The maximum atomic E-state index is 14.3. The Bertz CT molecular complexity index is 1600. The number of hydrazone groups is 1. The molecule has 0 spiro atoms. The van der Waals surface area contributed by atoms with E-state index < -0.39 is 40.7 Å². The van der Waals surface area contributed by atoms with Crippen LogP contribution in [0.4, 0.5) is 27.6 Å². The summed E-state index contributed by atoms with van der Waals surface area (Å²) in [6.07, 6.45) is 3.27. The van der Waals surface area contributed by atoms with Crippen molar-refractivity contribution < 1.29 is 26.7 Å². The number of amides is 1. The van der Waals surface area contributed by atoms with Gasteiger partial charge < -0.3 is 4.57 Å². The molecular formula is C26H15ClF5N3O. The molecule has 0 atom stereocenters. The molecule has 4 nitrogen and oxygen atoms in total. The van der Waals surface area contributed by atoms with E-state index in [0.29, 0.717) is 17.1 Å². The van der Waals surface area contributed by atoms with Gasteiger partial charge in [0.1, 0.15) is 5.69 Å². The molecule has 1 amide bonds. The number of anilines is 1. The molecule has 0 unspecified atom stereocenters. The molecule has 1 aliphatic heterocycles. The number of benzene rings is 3. The number of hydrogen-bond donors (Lipinski definition) is 0. The Balaban J connectivity index is 1.57. The van der Waals surface area contributed by atoms with Crippen LogP contribution in [0, 0.1) is 29.1 Å².